The van der Waals surface area contributed by atoms with Crippen LogP contribution in [-0.2, 0) is 9.53 Å². The first-order valence-electron chi connectivity index (χ1n) is 11.8. The number of piperidine rings is 1. The van der Waals surface area contributed by atoms with Gasteiger partial charge in [-0.2, -0.15) is 0 Å². The molecule has 8 heteroatoms. The molecule has 0 unspecified atom stereocenters. The fourth-order valence-electron chi connectivity index (χ4n) is 4.82. The molecule has 0 spiro atoms. The Morgan fingerprint density at radius 2 is 1.94 bits per heavy atom. The van der Waals surface area contributed by atoms with Crippen molar-refractivity contribution in [2.75, 3.05) is 31.1 Å². The molecule has 0 radical (unpaired) electrons. The number of ether oxygens (including phenoxy) is 1. The van der Waals surface area contributed by atoms with Crippen molar-refractivity contribution in [3.63, 3.8) is 0 Å². The van der Waals surface area contributed by atoms with Gasteiger partial charge in [0.25, 0.3) is 0 Å². The molecule has 0 aliphatic carbocycles. The third-order valence-corrected chi connectivity index (χ3v) is 6.26. The first kappa shape index (κ1) is 23.3. The van der Waals surface area contributed by atoms with Crippen LogP contribution in [0.15, 0.2) is 24.5 Å². The van der Waals surface area contributed by atoms with E-state index >= 15 is 0 Å². The zero-order valence-electron chi connectivity index (χ0n) is 20.3. The number of nitrogens with zero attached hydrogens (tertiary/aromatic N) is 4. The number of rotatable bonds is 4. The predicted molar refractivity (Wildman–Crippen MR) is 128 cm³/mol. The molecule has 1 N–H and O–H groups in total. The van der Waals surface area contributed by atoms with Gasteiger partial charge >= 0.3 is 6.09 Å². The molecule has 0 aromatic carbocycles. The van der Waals surface area contributed by atoms with Gasteiger partial charge < -0.3 is 19.9 Å². The fourth-order valence-corrected chi connectivity index (χ4v) is 4.82. The number of hydrogen-bond acceptors (Lipinski definition) is 6. The minimum Gasteiger partial charge on any atom is -0.444 e. The molecule has 8 nitrogen and oxygen atoms in total. The molecule has 2 aromatic heterocycles. The second-order valence-corrected chi connectivity index (χ2v) is 10.6. The third kappa shape index (κ3) is 5.54. The van der Waals surface area contributed by atoms with Crippen molar-refractivity contribution in [2.45, 2.75) is 59.1 Å². The van der Waals surface area contributed by atoms with Gasteiger partial charge in [-0.3, -0.25) is 14.8 Å². The van der Waals surface area contributed by atoms with Gasteiger partial charge in [-0.1, -0.05) is 6.92 Å². The normalized spacial score (nSPS) is 21.6. The summed E-state index contributed by atoms with van der Waals surface area (Å²) in [5.41, 5.74) is 2.41. The summed E-state index contributed by atoms with van der Waals surface area (Å²) in [7, 11) is 0. The lowest BCUT2D eigenvalue weighted by atomic mass is 9.93. The van der Waals surface area contributed by atoms with Crippen LogP contribution in [0.4, 0.5) is 10.5 Å². The molecule has 4 heterocycles. The van der Waals surface area contributed by atoms with Gasteiger partial charge in [0.2, 0.25) is 5.91 Å². The summed E-state index contributed by atoms with van der Waals surface area (Å²) in [5.74, 6) is 0.686. The lowest BCUT2D eigenvalue weighted by Gasteiger charge is -2.41. The molecule has 2 aliphatic rings. The van der Waals surface area contributed by atoms with Gasteiger partial charge in [0.15, 0.2) is 0 Å². The first-order chi connectivity index (χ1) is 15.6. The summed E-state index contributed by atoms with van der Waals surface area (Å²) in [4.78, 5) is 37.9. The molecular formula is C25H35N5O3. The first-order valence-corrected chi connectivity index (χ1v) is 11.8. The van der Waals surface area contributed by atoms with E-state index in [2.05, 4.69) is 33.2 Å². The highest BCUT2D eigenvalue weighted by atomic mass is 16.6. The number of carbonyl (C=O) groups is 2. The number of carbonyl (C=O) groups excluding carboxylic acids is 2. The van der Waals surface area contributed by atoms with E-state index in [0.29, 0.717) is 25.4 Å². The van der Waals surface area contributed by atoms with Crippen molar-refractivity contribution in [3.8, 4) is 0 Å². The Labute approximate surface area is 195 Å². The maximum Gasteiger partial charge on any atom is 0.410 e. The molecule has 178 valence electrons. The lowest BCUT2D eigenvalue weighted by molar-refractivity contribution is -0.124. The Morgan fingerprint density at radius 3 is 2.67 bits per heavy atom. The van der Waals surface area contributed by atoms with E-state index < -0.39 is 5.60 Å². The largest absolute Gasteiger partial charge is 0.444 e. The number of aryl methyl sites for hydroxylation is 1. The smallest absolute Gasteiger partial charge is 0.410 e. The van der Waals surface area contributed by atoms with Crippen LogP contribution in [0.3, 0.4) is 0 Å². The topological polar surface area (TPSA) is 87.7 Å². The second kappa shape index (κ2) is 9.15. The van der Waals surface area contributed by atoms with Gasteiger partial charge in [0.05, 0.1) is 23.1 Å². The standard InChI is InChI=1S/C25H35N5O3/c1-16-9-19(28-22(31)10-18-13-30(14-18)24(32)33-25(3,4)5)15-29(12-16)21-11-27-17(2)23-20(21)7-6-8-26-23/h6-8,11,16,18-19H,9-10,12-15H2,1-5H3,(H,28,31)/t16-,19+/m0/s1. The highest BCUT2D eigenvalue weighted by Crippen LogP contribution is 2.30. The number of anilines is 1. The Morgan fingerprint density at radius 1 is 1.18 bits per heavy atom. The van der Waals surface area contributed by atoms with E-state index in [1.807, 2.05) is 40.0 Å². The van der Waals surface area contributed by atoms with Crippen molar-refractivity contribution in [1.82, 2.24) is 20.2 Å². The minimum absolute atomic E-state index is 0.0523. The van der Waals surface area contributed by atoms with E-state index in [-0.39, 0.29) is 24.0 Å². The Hall–Kier alpha value is -2.90. The molecular weight excluding hydrogens is 418 g/mol. The van der Waals surface area contributed by atoms with Crippen LogP contribution in [0.25, 0.3) is 10.9 Å². The molecule has 2 saturated heterocycles. The van der Waals surface area contributed by atoms with Gasteiger partial charge in [-0.25, -0.2) is 4.79 Å². The lowest BCUT2D eigenvalue weighted by Crippen LogP contribution is -2.54. The van der Waals surface area contributed by atoms with Crippen LogP contribution >= 0.6 is 0 Å². The third-order valence-electron chi connectivity index (χ3n) is 6.26. The predicted octanol–water partition coefficient (Wildman–Crippen LogP) is 3.53. The monoisotopic (exact) mass is 453 g/mol. The number of hydrogen-bond donors (Lipinski definition) is 1. The van der Waals surface area contributed by atoms with E-state index in [1.165, 1.54) is 0 Å². The summed E-state index contributed by atoms with van der Waals surface area (Å²) >= 11 is 0. The summed E-state index contributed by atoms with van der Waals surface area (Å²) < 4.78 is 5.39. The highest BCUT2D eigenvalue weighted by Gasteiger charge is 2.35. The number of aromatic nitrogens is 2. The van der Waals surface area contributed by atoms with Crippen LogP contribution in [0.1, 0.15) is 46.2 Å². The highest BCUT2D eigenvalue weighted by molar-refractivity contribution is 5.92. The molecule has 2 atom stereocenters. The molecule has 0 bridgehead atoms. The van der Waals surface area contributed by atoms with Crippen molar-refractivity contribution >= 4 is 28.6 Å². The SMILES string of the molecule is Cc1ncc(N2C[C@@H](C)C[C@@H](NC(=O)CC3CN(C(=O)OC(C)(C)C)C3)C2)c2cccnc12. The van der Waals surface area contributed by atoms with Crippen LogP contribution in [-0.4, -0.2) is 64.7 Å². The van der Waals surface area contributed by atoms with Gasteiger partial charge in [-0.15, -0.1) is 0 Å². The van der Waals surface area contributed by atoms with Gasteiger partial charge in [0, 0.05) is 56.1 Å². The van der Waals surface area contributed by atoms with Crippen LogP contribution in [0.2, 0.25) is 0 Å². The number of nitrogens with one attached hydrogen (secondary N) is 1. The van der Waals surface area contributed by atoms with Crippen LogP contribution in [0.5, 0.6) is 0 Å². The average Bonchev–Trinajstić information content (AvgIpc) is 2.69. The summed E-state index contributed by atoms with van der Waals surface area (Å²) in [6.07, 6.45) is 4.81. The number of likely N-dealkylation sites (tertiary alicyclic amines) is 1. The van der Waals surface area contributed by atoms with Crippen LogP contribution in [0, 0.1) is 18.8 Å². The Kier molecular flexibility index (Phi) is 6.45. The van der Waals surface area contributed by atoms with Crippen molar-refractivity contribution in [3.05, 3.63) is 30.2 Å². The number of amides is 2. The fraction of sp³-hybridized carbons (Fsp3) is 0.600. The molecule has 2 aromatic rings. The minimum atomic E-state index is -0.503. The molecule has 33 heavy (non-hydrogen) atoms. The van der Waals surface area contributed by atoms with Crippen molar-refractivity contribution < 1.29 is 14.3 Å². The second-order valence-electron chi connectivity index (χ2n) is 10.6. The number of fused-ring (bicyclic) bond motifs is 1. The Balaban J connectivity index is 1.33. The average molecular weight is 454 g/mol. The molecule has 2 aliphatic heterocycles. The summed E-state index contributed by atoms with van der Waals surface area (Å²) in [6.45, 7) is 12.6. The molecule has 2 amide bonds. The van der Waals surface area contributed by atoms with E-state index in [1.54, 1.807) is 11.1 Å². The van der Waals surface area contributed by atoms with Gasteiger partial charge in [0.1, 0.15) is 5.60 Å². The Bertz CT molecular complexity index is 1030. The maximum atomic E-state index is 12.7. The summed E-state index contributed by atoms with van der Waals surface area (Å²) in [6, 6.07) is 4.12. The summed E-state index contributed by atoms with van der Waals surface area (Å²) in [5, 5.41) is 4.34. The van der Waals surface area contributed by atoms with Crippen LogP contribution < -0.4 is 10.2 Å². The molecule has 0 saturated carbocycles. The maximum absolute atomic E-state index is 12.7. The molecule has 4 rings (SSSR count). The zero-order chi connectivity index (χ0) is 23.8. The van der Waals surface area contributed by atoms with E-state index in [9.17, 15) is 9.59 Å². The quantitative estimate of drug-likeness (QED) is 0.762. The number of pyridine rings is 2. The molecule has 2 fully saturated rings. The van der Waals surface area contributed by atoms with Crippen molar-refractivity contribution in [2.24, 2.45) is 11.8 Å². The van der Waals surface area contributed by atoms with E-state index in [0.717, 1.165) is 41.8 Å². The van der Waals surface area contributed by atoms with E-state index in [4.69, 9.17) is 4.74 Å². The van der Waals surface area contributed by atoms with Gasteiger partial charge in [-0.05, 0) is 52.2 Å². The zero-order valence-corrected chi connectivity index (χ0v) is 20.3. The van der Waals surface area contributed by atoms with Crippen molar-refractivity contribution in [1.29, 1.82) is 0 Å².